The number of nitrogens with zero attached hydrogens (tertiary/aromatic N) is 3. The molecular formula is C27H27N3O3. The van der Waals surface area contributed by atoms with Gasteiger partial charge >= 0.3 is 0 Å². The number of piperazine rings is 1. The highest BCUT2D eigenvalue weighted by atomic mass is 16.3. The number of carbonyl (C=O) groups is 2. The van der Waals surface area contributed by atoms with Gasteiger partial charge < -0.3 is 10.0 Å². The van der Waals surface area contributed by atoms with Crippen LogP contribution in [0.4, 0.5) is 0 Å². The number of Topliss-reactive ketones (excluding diaryl/α,β-unsaturated/α-hetero) is 1. The van der Waals surface area contributed by atoms with Gasteiger partial charge in [-0.15, -0.1) is 0 Å². The summed E-state index contributed by atoms with van der Waals surface area (Å²) >= 11 is 0. The number of hydrogen-bond acceptors (Lipinski definition) is 5. The largest absolute Gasteiger partial charge is 0.395 e. The molecule has 0 radical (unpaired) electrons. The predicted molar refractivity (Wildman–Crippen MR) is 125 cm³/mol. The number of rotatable bonds is 3. The Bertz CT molecular complexity index is 1240. The highest BCUT2D eigenvalue weighted by Crippen LogP contribution is 2.50. The molecule has 168 valence electrons. The maximum absolute atomic E-state index is 13.5. The Morgan fingerprint density at radius 3 is 2.52 bits per heavy atom. The number of aliphatic hydroxyl groups is 1. The topological polar surface area (TPSA) is 84.6 Å². The normalized spacial score (nSPS) is 19.1. The van der Waals surface area contributed by atoms with Gasteiger partial charge in [0.25, 0.3) is 5.91 Å². The number of aliphatic hydroxyl groups excluding tert-OH is 1. The third-order valence-corrected chi connectivity index (χ3v) is 7.41. The Morgan fingerprint density at radius 2 is 1.82 bits per heavy atom. The average Bonchev–Trinajstić information content (AvgIpc) is 3.23. The molecule has 1 amide bonds. The lowest BCUT2D eigenvalue weighted by atomic mass is 9.68. The van der Waals surface area contributed by atoms with E-state index in [4.69, 9.17) is 5.11 Å². The molecule has 1 fully saturated rings. The van der Waals surface area contributed by atoms with Crippen molar-refractivity contribution >= 4 is 17.3 Å². The van der Waals surface area contributed by atoms with Crippen molar-refractivity contribution in [1.82, 2.24) is 9.80 Å². The summed E-state index contributed by atoms with van der Waals surface area (Å²) in [6.07, 6.45) is 0.642. The second-order valence-corrected chi connectivity index (χ2v) is 9.59. The third kappa shape index (κ3) is 3.40. The summed E-state index contributed by atoms with van der Waals surface area (Å²) in [5.74, 6) is -0.0164. The number of β-amino-alcohol motifs (C(OH)–C–C–N with tert-alkyl or cyclic N) is 1. The van der Waals surface area contributed by atoms with E-state index >= 15 is 0 Å². The van der Waals surface area contributed by atoms with Gasteiger partial charge in [-0.05, 0) is 59.0 Å². The predicted octanol–water partition coefficient (Wildman–Crippen LogP) is 2.79. The quantitative estimate of drug-likeness (QED) is 0.792. The van der Waals surface area contributed by atoms with E-state index in [2.05, 4.69) is 24.8 Å². The van der Waals surface area contributed by atoms with Gasteiger partial charge in [-0.2, -0.15) is 5.26 Å². The van der Waals surface area contributed by atoms with Crippen molar-refractivity contribution in [2.75, 3.05) is 39.3 Å². The van der Waals surface area contributed by atoms with E-state index in [9.17, 15) is 14.9 Å². The maximum Gasteiger partial charge on any atom is 0.253 e. The van der Waals surface area contributed by atoms with Gasteiger partial charge in [-0.25, -0.2) is 0 Å². The second-order valence-electron chi connectivity index (χ2n) is 9.59. The van der Waals surface area contributed by atoms with Gasteiger partial charge in [0.15, 0.2) is 5.78 Å². The molecule has 0 unspecified atom stereocenters. The first-order valence-electron chi connectivity index (χ1n) is 11.4. The molecule has 2 aliphatic carbocycles. The van der Waals surface area contributed by atoms with E-state index in [1.807, 2.05) is 23.1 Å². The minimum atomic E-state index is -0.402. The van der Waals surface area contributed by atoms with Gasteiger partial charge in [-0.1, -0.05) is 19.9 Å². The standard InChI is InChI=1S/C27H27N3O3/c1-27(2)22-14-18(26(33)30-9-7-29(8-10-30)11-12-31)4-6-21(22)25(32)24-20-5-3-17(16-28)13-19(20)15-23(24)27/h3-6,13-14,31H,7-12,15H2,1-2H3. The molecule has 1 aliphatic heterocycles. The van der Waals surface area contributed by atoms with Crippen LogP contribution in [0.1, 0.15) is 56.8 Å². The van der Waals surface area contributed by atoms with Gasteiger partial charge in [-0.3, -0.25) is 14.5 Å². The van der Waals surface area contributed by atoms with Crippen LogP contribution in [0.15, 0.2) is 42.0 Å². The van der Waals surface area contributed by atoms with E-state index in [0.717, 1.165) is 40.9 Å². The van der Waals surface area contributed by atoms with Crippen molar-refractivity contribution in [3.63, 3.8) is 0 Å². The monoisotopic (exact) mass is 441 g/mol. The average molecular weight is 442 g/mol. The zero-order valence-electron chi connectivity index (χ0n) is 19.0. The van der Waals surface area contributed by atoms with Crippen molar-refractivity contribution < 1.29 is 14.7 Å². The summed E-state index contributed by atoms with van der Waals surface area (Å²) in [6.45, 7) is 7.75. The summed E-state index contributed by atoms with van der Waals surface area (Å²) in [7, 11) is 0. The van der Waals surface area contributed by atoms with Crippen molar-refractivity contribution in [1.29, 1.82) is 5.26 Å². The number of carbonyl (C=O) groups excluding carboxylic acids is 2. The highest BCUT2D eigenvalue weighted by molar-refractivity contribution is 6.33. The Labute approximate surface area is 193 Å². The second kappa shape index (κ2) is 7.95. The Hall–Kier alpha value is -3.27. The van der Waals surface area contributed by atoms with Crippen molar-refractivity contribution in [2.24, 2.45) is 0 Å². The lowest BCUT2D eigenvalue weighted by molar-refractivity contribution is 0.0614. The molecule has 2 aromatic carbocycles. The van der Waals surface area contributed by atoms with Crippen LogP contribution in [0, 0.1) is 11.3 Å². The molecule has 1 saturated heterocycles. The molecule has 0 saturated carbocycles. The number of benzene rings is 2. The molecule has 1 heterocycles. The van der Waals surface area contributed by atoms with E-state index < -0.39 is 5.41 Å². The first kappa shape index (κ1) is 21.6. The molecule has 2 aromatic rings. The van der Waals surface area contributed by atoms with Crippen LogP contribution in [0.3, 0.4) is 0 Å². The van der Waals surface area contributed by atoms with Crippen LogP contribution in [-0.2, 0) is 11.8 Å². The van der Waals surface area contributed by atoms with Gasteiger partial charge in [0.05, 0.1) is 18.2 Å². The van der Waals surface area contributed by atoms with E-state index in [1.54, 1.807) is 18.2 Å². The SMILES string of the molecule is CC1(C)C2=C(C(=O)c3ccc(C(=O)N4CCN(CCO)CC4)cc31)c1ccc(C#N)cc1C2. The summed E-state index contributed by atoms with van der Waals surface area (Å²) in [5.41, 5.74) is 6.11. The van der Waals surface area contributed by atoms with E-state index in [-0.39, 0.29) is 18.3 Å². The van der Waals surface area contributed by atoms with Crippen LogP contribution in [0.2, 0.25) is 0 Å². The number of nitriles is 1. The number of amides is 1. The number of fused-ring (bicyclic) bond motifs is 3. The molecule has 6 nitrogen and oxygen atoms in total. The molecule has 0 bridgehead atoms. The molecule has 0 spiro atoms. The fourth-order valence-electron chi connectivity index (χ4n) is 5.48. The van der Waals surface area contributed by atoms with E-state index in [1.165, 1.54) is 0 Å². The smallest absolute Gasteiger partial charge is 0.253 e. The van der Waals surface area contributed by atoms with Crippen molar-refractivity contribution in [3.05, 3.63) is 75.4 Å². The molecule has 6 heteroatoms. The zero-order valence-corrected chi connectivity index (χ0v) is 19.0. The molecule has 1 N–H and O–H groups in total. The Kier molecular flexibility index (Phi) is 5.19. The van der Waals surface area contributed by atoms with Crippen LogP contribution in [-0.4, -0.2) is 65.9 Å². The molecule has 33 heavy (non-hydrogen) atoms. The summed E-state index contributed by atoms with van der Waals surface area (Å²) in [5, 5.41) is 18.4. The lowest BCUT2D eigenvalue weighted by Crippen LogP contribution is -2.49. The zero-order chi connectivity index (χ0) is 23.3. The fraction of sp³-hybridized carbons (Fsp3) is 0.370. The van der Waals surface area contributed by atoms with Gasteiger partial charge in [0.1, 0.15) is 0 Å². The maximum atomic E-state index is 13.5. The number of ketones is 1. The van der Waals surface area contributed by atoms with Gasteiger partial charge in [0, 0.05) is 54.8 Å². The lowest BCUT2D eigenvalue weighted by Gasteiger charge is -2.36. The highest BCUT2D eigenvalue weighted by Gasteiger charge is 2.43. The first-order chi connectivity index (χ1) is 15.8. The summed E-state index contributed by atoms with van der Waals surface area (Å²) in [4.78, 5) is 30.8. The first-order valence-corrected chi connectivity index (χ1v) is 11.4. The van der Waals surface area contributed by atoms with Crippen LogP contribution in [0.25, 0.3) is 5.57 Å². The van der Waals surface area contributed by atoms with Gasteiger partial charge in [0.2, 0.25) is 0 Å². The summed E-state index contributed by atoms with van der Waals surface area (Å²) in [6, 6.07) is 13.2. The third-order valence-electron chi connectivity index (χ3n) is 7.41. The molecule has 0 aromatic heterocycles. The van der Waals surface area contributed by atoms with Crippen LogP contribution < -0.4 is 0 Å². The van der Waals surface area contributed by atoms with Crippen molar-refractivity contribution in [3.8, 4) is 6.07 Å². The molecule has 5 rings (SSSR count). The van der Waals surface area contributed by atoms with E-state index in [0.29, 0.717) is 42.7 Å². The van der Waals surface area contributed by atoms with Crippen LogP contribution >= 0.6 is 0 Å². The summed E-state index contributed by atoms with van der Waals surface area (Å²) < 4.78 is 0. The number of allylic oxidation sites excluding steroid dienone is 2. The van der Waals surface area contributed by atoms with Crippen molar-refractivity contribution in [2.45, 2.75) is 25.7 Å². The van der Waals surface area contributed by atoms with Crippen LogP contribution in [0.5, 0.6) is 0 Å². The minimum Gasteiger partial charge on any atom is -0.395 e. The minimum absolute atomic E-state index is 0.000556. The molecule has 0 atom stereocenters. The molecule has 3 aliphatic rings. The molecular weight excluding hydrogens is 414 g/mol. The Morgan fingerprint density at radius 1 is 1.09 bits per heavy atom. The fourth-order valence-corrected chi connectivity index (χ4v) is 5.48. The Balaban J connectivity index is 1.46. The number of hydrogen-bond donors (Lipinski definition) is 1.